The molecule has 0 aromatic heterocycles. The lowest BCUT2D eigenvalue weighted by molar-refractivity contribution is -0.139. The van der Waals surface area contributed by atoms with E-state index >= 15 is 0 Å². The van der Waals surface area contributed by atoms with Crippen LogP contribution in [0.3, 0.4) is 0 Å². The highest BCUT2D eigenvalue weighted by Crippen LogP contribution is 2.26. The van der Waals surface area contributed by atoms with Crippen molar-refractivity contribution in [2.75, 3.05) is 30.8 Å². The predicted molar refractivity (Wildman–Crippen MR) is 139 cm³/mol. The van der Waals surface area contributed by atoms with E-state index in [4.69, 9.17) is 4.74 Å². The number of sulfonamides is 1. The summed E-state index contributed by atoms with van der Waals surface area (Å²) in [6.45, 7) is 9.78. The Morgan fingerprint density at radius 2 is 1.60 bits per heavy atom. The number of methoxy groups -OCH3 is 1. The van der Waals surface area contributed by atoms with E-state index in [9.17, 15) is 18.0 Å². The van der Waals surface area contributed by atoms with Gasteiger partial charge in [-0.05, 0) is 54.7 Å². The van der Waals surface area contributed by atoms with Crippen molar-refractivity contribution in [2.45, 2.75) is 52.6 Å². The second-order valence-electron chi connectivity index (χ2n) is 9.51. The van der Waals surface area contributed by atoms with E-state index in [-0.39, 0.29) is 17.9 Å². The number of rotatable bonds is 10. The molecule has 0 aliphatic heterocycles. The number of benzene rings is 2. The minimum absolute atomic E-state index is 0.0957. The number of carbonyl (C=O) groups excluding carboxylic acids is 2. The van der Waals surface area contributed by atoms with Crippen LogP contribution in [0.4, 0.5) is 5.69 Å². The molecule has 2 aromatic rings. The lowest BCUT2D eigenvalue weighted by atomic mass is 9.87. The van der Waals surface area contributed by atoms with E-state index in [0.717, 1.165) is 21.7 Å². The largest absolute Gasteiger partial charge is 0.497 e. The molecule has 0 aliphatic carbocycles. The Balaban J connectivity index is 2.38. The Kier molecular flexibility index (Phi) is 9.31. The Hall–Kier alpha value is -3.07. The van der Waals surface area contributed by atoms with Gasteiger partial charge >= 0.3 is 0 Å². The lowest BCUT2D eigenvalue weighted by Crippen LogP contribution is -2.51. The predicted octanol–water partition coefficient (Wildman–Crippen LogP) is 3.31. The van der Waals surface area contributed by atoms with Crippen molar-refractivity contribution in [1.82, 2.24) is 10.2 Å². The summed E-state index contributed by atoms with van der Waals surface area (Å²) in [6, 6.07) is 13.5. The van der Waals surface area contributed by atoms with Crippen molar-refractivity contribution in [3.05, 3.63) is 59.7 Å². The van der Waals surface area contributed by atoms with Gasteiger partial charge in [-0.3, -0.25) is 13.9 Å². The van der Waals surface area contributed by atoms with E-state index in [0.29, 0.717) is 18.0 Å². The molecule has 0 unspecified atom stereocenters. The van der Waals surface area contributed by atoms with Crippen LogP contribution >= 0.6 is 0 Å². The zero-order chi connectivity index (χ0) is 26.4. The average molecular weight is 504 g/mol. The number of carbonyl (C=O) groups is 2. The maximum absolute atomic E-state index is 13.5. The van der Waals surface area contributed by atoms with Crippen LogP contribution in [0, 0.1) is 0 Å². The van der Waals surface area contributed by atoms with Gasteiger partial charge in [-0.2, -0.15) is 0 Å². The molecule has 35 heavy (non-hydrogen) atoms. The lowest BCUT2D eigenvalue weighted by Gasteiger charge is -2.31. The zero-order valence-electron chi connectivity index (χ0n) is 21.7. The summed E-state index contributed by atoms with van der Waals surface area (Å²) >= 11 is 0. The van der Waals surface area contributed by atoms with Crippen molar-refractivity contribution >= 4 is 27.5 Å². The SMILES string of the molecule is CCNC(=O)[C@H](C)N(Cc1ccc(OC)cc1)C(=O)CN(c1ccc(C(C)(C)C)cc1)S(C)(=O)=O. The van der Waals surface area contributed by atoms with Crippen molar-refractivity contribution in [3.63, 3.8) is 0 Å². The average Bonchev–Trinajstić information content (AvgIpc) is 2.79. The molecule has 8 nitrogen and oxygen atoms in total. The molecule has 1 N–H and O–H groups in total. The molecule has 0 aliphatic rings. The van der Waals surface area contributed by atoms with Crippen LogP contribution in [0.1, 0.15) is 45.7 Å². The fourth-order valence-corrected chi connectivity index (χ4v) is 4.42. The van der Waals surface area contributed by atoms with Gasteiger partial charge in [0.15, 0.2) is 0 Å². The Bertz CT molecular complexity index is 1110. The number of nitrogens with zero attached hydrogens (tertiary/aromatic N) is 2. The summed E-state index contributed by atoms with van der Waals surface area (Å²) in [7, 11) is -2.20. The maximum atomic E-state index is 13.5. The Morgan fingerprint density at radius 1 is 1.03 bits per heavy atom. The van der Waals surface area contributed by atoms with Crippen LogP contribution in [0.5, 0.6) is 5.75 Å². The molecule has 9 heteroatoms. The summed E-state index contributed by atoms with van der Waals surface area (Å²) in [5.74, 6) is -0.120. The first-order valence-corrected chi connectivity index (χ1v) is 13.4. The monoisotopic (exact) mass is 503 g/mol. The molecule has 0 bridgehead atoms. The summed E-state index contributed by atoms with van der Waals surface area (Å²) < 4.78 is 31.6. The molecular formula is C26H37N3O5S. The van der Waals surface area contributed by atoms with Crippen LogP contribution in [-0.2, 0) is 31.6 Å². The zero-order valence-corrected chi connectivity index (χ0v) is 22.5. The highest BCUT2D eigenvalue weighted by atomic mass is 32.2. The smallest absolute Gasteiger partial charge is 0.244 e. The van der Waals surface area contributed by atoms with Gasteiger partial charge in [0, 0.05) is 13.1 Å². The van der Waals surface area contributed by atoms with Crippen LogP contribution in [0.15, 0.2) is 48.5 Å². The third kappa shape index (κ3) is 7.71. The van der Waals surface area contributed by atoms with Crippen molar-refractivity contribution in [2.24, 2.45) is 0 Å². The quantitative estimate of drug-likeness (QED) is 0.537. The molecule has 0 radical (unpaired) electrons. The van der Waals surface area contributed by atoms with Crippen LogP contribution in [0.2, 0.25) is 0 Å². The van der Waals surface area contributed by atoms with E-state index < -0.39 is 28.5 Å². The number of amides is 2. The molecule has 0 spiro atoms. The standard InChI is InChI=1S/C26H37N3O5S/c1-8-27-25(31)19(2)28(17-20-9-15-23(34-6)16-10-20)24(30)18-29(35(7,32)33)22-13-11-21(12-14-22)26(3,4)5/h9-16,19H,8,17-18H2,1-7H3,(H,27,31)/t19-/m0/s1. The van der Waals surface area contributed by atoms with Crippen molar-refractivity contribution in [3.8, 4) is 5.75 Å². The second kappa shape index (κ2) is 11.6. The topological polar surface area (TPSA) is 96.0 Å². The minimum Gasteiger partial charge on any atom is -0.497 e. The first-order chi connectivity index (χ1) is 16.3. The fourth-order valence-electron chi connectivity index (χ4n) is 3.57. The number of hydrogen-bond donors (Lipinski definition) is 1. The molecule has 192 valence electrons. The van der Waals surface area contributed by atoms with Gasteiger partial charge in [0.25, 0.3) is 0 Å². The van der Waals surface area contributed by atoms with Gasteiger partial charge in [-0.15, -0.1) is 0 Å². The normalized spacial score (nSPS) is 12.5. The highest BCUT2D eigenvalue weighted by molar-refractivity contribution is 7.92. The number of ether oxygens (including phenoxy) is 1. The molecule has 2 rings (SSSR count). The third-order valence-electron chi connectivity index (χ3n) is 5.73. The summed E-state index contributed by atoms with van der Waals surface area (Å²) in [5, 5.41) is 2.74. The first kappa shape index (κ1) is 28.2. The van der Waals surface area contributed by atoms with E-state index in [2.05, 4.69) is 26.1 Å². The fraction of sp³-hybridized carbons (Fsp3) is 0.462. The van der Waals surface area contributed by atoms with Gasteiger partial charge in [0.05, 0.1) is 19.1 Å². The van der Waals surface area contributed by atoms with Gasteiger partial charge in [-0.1, -0.05) is 45.0 Å². The van der Waals surface area contributed by atoms with Gasteiger partial charge < -0.3 is 15.0 Å². The molecule has 1 atom stereocenters. The van der Waals surface area contributed by atoms with E-state index in [1.165, 1.54) is 4.90 Å². The Morgan fingerprint density at radius 3 is 2.06 bits per heavy atom. The summed E-state index contributed by atoms with van der Waals surface area (Å²) in [6.07, 6.45) is 1.07. The molecular weight excluding hydrogens is 466 g/mol. The minimum atomic E-state index is -3.76. The van der Waals surface area contributed by atoms with Crippen LogP contribution < -0.4 is 14.4 Å². The first-order valence-electron chi connectivity index (χ1n) is 11.6. The molecule has 0 fully saturated rings. The maximum Gasteiger partial charge on any atom is 0.244 e. The highest BCUT2D eigenvalue weighted by Gasteiger charge is 2.30. The van der Waals surface area contributed by atoms with Gasteiger partial charge in [0.1, 0.15) is 18.3 Å². The number of nitrogens with one attached hydrogen (secondary N) is 1. The van der Waals surface area contributed by atoms with Gasteiger partial charge in [-0.25, -0.2) is 8.42 Å². The third-order valence-corrected chi connectivity index (χ3v) is 6.87. The van der Waals surface area contributed by atoms with Crippen LogP contribution in [-0.4, -0.2) is 57.6 Å². The number of anilines is 1. The summed E-state index contributed by atoms with van der Waals surface area (Å²) in [5.41, 5.74) is 2.13. The number of likely N-dealkylation sites (N-methyl/N-ethyl adjacent to an activating group) is 1. The molecule has 2 amide bonds. The number of hydrogen-bond acceptors (Lipinski definition) is 5. The Labute approximate surface area is 209 Å². The van der Waals surface area contributed by atoms with Crippen molar-refractivity contribution < 1.29 is 22.7 Å². The second-order valence-corrected chi connectivity index (χ2v) is 11.4. The summed E-state index contributed by atoms with van der Waals surface area (Å²) in [4.78, 5) is 27.5. The molecule has 0 saturated heterocycles. The molecule has 0 saturated carbocycles. The van der Waals surface area contributed by atoms with Gasteiger partial charge in [0.2, 0.25) is 21.8 Å². The molecule has 2 aromatic carbocycles. The van der Waals surface area contributed by atoms with E-state index in [1.54, 1.807) is 45.2 Å². The van der Waals surface area contributed by atoms with E-state index in [1.807, 2.05) is 24.3 Å². The molecule has 0 heterocycles. The van der Waals surface area contributed by atoms with Crippen molar-refractivity contribution in [1.29, 1.82) is 0 Å². The van der Waals surface area contributed by atoms with Crippen LogP contribution in [0.25, 0.3) is 0 Å².